The third kappa shape index (κ3) is 9.63. The Morgan fingerprint density at radius 3 is 2.15 bits per heavy atom. The molecule has 0 aromatic heterocycles. The standard InChI is InChI=1S/C25H34N4O10/c1-16(2)22(30)37-14-18(13-26-25(3,4)5)39-23(31)17-9-11-27(12-10-17)24(32)38-15-19-20(28(33)34)7-6-8-21(19)29(35)36/h6-8,17-18,26H,1,9-15H2,2-5H3. The first-order chi connectivity index (χ1) is 18.2. The molecule has 1 atom stereocenters. The molecule has 1 aliphatic rings. The summed E-state index contributed by atoms with van der Waals surface area (Å²) < 4.78 is 15.9. The van der Waals surface area contributed by atoms with Gasteiger partial charge < -0.3 is 24.4 Å². The van der Waals surface area contributed by atoms with Crippen molar-refractivity contribution < 1.29 is 38.4 Å². The van der Waals surface area contributed by atoms with E-state index >= 15 is 0 Å². The molecule has 1 saturated heterocycles. The van der Waals surface area contributed by atoms with Crippen molar-refractivity contribution in [1.29, 1.82) is 0 Å². The summed E-state index contributed by atoms with van der Waals surface area (Å²) >= 11 is 0. The predicted octanol–water partition coefficient (Wildman–Crippen LogP) is 3.27. The molecule has 1 heterocycles. The van der Waals surface area contributed by atoms with Crippen molar-refractivity contribution in [2.75, 3.05) is 26.2 Å². The second kappa shape index (κ2) is 13.6. The zero-order valence-corrected chi connectivity index (χ0v) is 22.5. The molecule has 14 heteroatoms. The average molecular weight is 551 g/mol. The van der Waals surface area contributed by atoms with Crippen molar-refractivity contribution in [2.24, 2.45) is 5.92 Å². The molecule has 39 heavy (non-hydrogen) atoms. The van der Waals surface area contributed by atoms with E-state index < -0.39 is 57.9 Å². The van der Waals surface area contributed by atoms with Gasteiger partial charge in [-0.15, -0.1) is 0 Å². The van der Waals surface area contributed by atoms with Crippen molar-refractivity contribution in [1.82, 2.24) is 10.2 Å². The van der Waals surface area contributed by atoms with Crippen molar-refractivity contribution in [2.45, 2.75) is 58.8 Å². The Labute approximate surface area is 225 Å². The summed E-state index contributed by atoms with van der Waals surface area (Å²) in [7, 11) is 0. The molecule has 0 spiro atoms. The average Bonchev–Trinajstić information content (AvgIpc) is 2.87. The van der Waals surface area contributed by atoms with Crippen molar-refractivity contribution in [3.63, 3.8) is 0 Å². The van der Waals surface area contributed by atoms with E-state index in [1.165, 1.54) is 17.9 Å². The molecule has 1 amide bonds. The predicted molar refractivity (Wildman–Crippen MR) is 138 cm³/mol. The highest BCUT2D eigenvalue weighted by Gasteiger charge is 2.32. The van der Waals surface area contributed by atoms with E-state index in [2.05, 4.69) is 11.9 Å². The molecular formula is C25H34N4O10. The molecule has 0 radical (unpaired) electrons. The first-order valence-corrected chi connectivity index (χ1v) is 12.3. The quantitative estimate of drug-likeness (QED) is 0.140. The number of rotatable bonds is 11. The van der Waals surface area contributed by atoms with Crippen molar-refractivity contribution in [3.8, 4) is 0 Å². The monoisotopic (exact) mass is 550 g/mol. The number of ether oxygens (including phenoxy) is 3. The van der Waals surface area contributed by atoms with Gasteiger partial charge in [0.2, 0.25) is 0 Å². The van der Waals surface area contributed by atoms with Gasteiger partial charge in [-0.2, -0.15) is 0 Å². The van der Waals surface area contributed by atoms with Gasteiger partial charge in [0.05, 0.1) is 15.8 Å². The van der Waals surface area contributed by atoms with Crippen molar-refractivity contribution >= 4 is 29.4 Å². The van der Waals surface area contributed by atoms with E-state index in [-0.39, 0.29) is 55.8 Å². The van der Waals surface area contributed by atoms with E-state index in [9.17, 15) is 34.6 Å². The van der Waals surface area contributed by atoms with Crippen LogP contribution in [0, 0.1) is 26.1 Å². The van der Waals surface area contributed by atoms with Crippen LogP contribution in [0.4, 0.5) is 16.2 Å². The number of hydrogen-bond acceptors (Lipinski definition) is 11. The fourth-order valence-corrected chi connectivity index (χ4v) is 3.68. The first kappa shape index (κ1) is 31.1. The van der Waals surface area contributed by atoms with E-state index in [0.717, 1.165) is 12.1 Å². The highest BCUT2D eigenvalue weighted by atomic mass is 16.6. The number of nitrogens with zero attached hydrogens (tertiary/aromatic N) is 3. The number of benzene rings is 1. The highest BCUT2D eigenvalue weighted by Crippen LogP contribution is 2.29. The summed E-state index contributed by atoms with van der Waals surface area (Å²) in [6.45, 7) is 10.6. The number of piperidine rings is 1. The maximum absolute atomic E-state index is 12.8. The zero-order chi connectivity index (χ0) is 29.3. The molecule has 0 saturated carbocycles. The smallest absolute Gasteiger partial charge is 0.410 e. The number of esters is 2. The summed E-state index contributed by atoms with van der Waals surface area (Å²) in [4.78, 5) is 59.5. The third-order valence-corrected chi connectivity index (χ3v) is 5.84. The molecule has 1 fully saturated rings. The first-order valence-electron chi connectivity index (χ1n) is 12.3. The van der Waals surface area contributed by atoms with Crippen molar-refractivity contribution in [3.05, 3.63) is 56.1 Å². The molecule has 1 N–H and O–H groups in total. The van der Waals surface area contributed by atoms with Gasteiger partial charge in [0.1, 0.15) is 24.9 Å². The lowest BCUT2D eigenvalue weighted by Gasteiger charge is -2.31. The Bertz CT molecular complexity index is 1070. The van der Waals surface area contributed by atoms with E-state index in [1.807, 2.05) is 20.8 Å². The maximum Gasteiger partial charge on any atom is 0.410 e. The number of nitro benzene ring substituents is 2. The number of carbonyl (C=O) groups excluding carboxylic acids is 3. The summed E-state index contributed by atoms with van der Waals surface area (Å²) in [6, 6.07) is 3.37. The fourth-order valence-electron chi connectivity index (χ4n) is 3.68. The van der Waals surface area contributed by atoms with Crippen LogP contribution in [0.15, 0.2) is 30.4 Å². The van der Waals surface area contributed by atoms with Crippen LogP contribution in [-0.2, 0) is 30.4 Å². The van der Waals surface area contributed by atoms with Crippen LogP contribution < -0.4 is 5.32 Å². The lowest BCUT2D eigenvalue weighted by Crippen LogP contribution is -2.45. The summed E-state index contributed by atoms with van der Waals surface area (Å²) in [5, 5.41) is 25.7. The van der Waals surface area contributed by atoms with Crippen LogP contribution in [-0.4, -0.2) is 70.7 Å². The topological polar surface area (TPSA) is 180 Å². The Morgan fingerprint density at radius 1 is 1.10 bits per heavy atom. The lowest BCUT2D eigenvalue weighted by molar-refractivity contribution is -0.396. The second-order valence-electron chi connectivity index (χ2n) is 10.2. The summed E-state index contributed by atoms with van der Waals surface area (Å²) in [5.74, 6) is -1.60. The zero-order valence-electron chi connectivity index (χ0n) is 22.5. The SMILES string of the molecule is C=C(C)C(=O)OCC(CNC(C)(C)C)OC(=O)C1CCN(C(=O)OCc2c([N+](=O)[O-])cccc2[N+](=O)[O-])CC1. The van der Waals surface area contributed by atoms with Crippen LogP contribution in [0.2, 0.25) is 0 Å². The van der Waals surface area contributed by atoms with Gasteiger partial charge in [-0.25, -0.2) is 9.59 Å². The minimum atomic E-state index is -0.812. The van der Waals surface area contributed by atoms with E-state index in [0.29, 0.717) is 0 Å². The largest absolute Gasteiger partial charge is 0.458 e. The minimum absolute atomic E-state index is 0.146. The number of amides is 1. The molecule has 1 aromatic rings. The van der Waals surface area contributed by atoms with Crippen LogP contribution in [0.5, 0.6) is 0 Å². The van der Waals surface area contributed by atoms with E-state index in [4.69, 9.17) is 14.2 Å². The van der Waals surface area contributed by atoms with E-state index in [1.54, 1.807) is 0 Å². The summed E-state index contributed by atoms with van der Waals surface area (Å²) in [5.41, 5.74) is -1.41. The highest BCUT2D eigenvalue weighted by molar-refractivity contribution is 5.87. The molecule has 1 aromatic carbocycles. The maximum atomic E-state index is 12.8. The third-order valence-electron chi connectivity index (χ3n) is 5.84. The number of nitrogens with one attached hydrogen (secondary N) is 1. The van der Waals surface area contributed by atoms with Gasteiger partial charge in [0, 0.05) is 42.9 Å². The molecular weight excluding hydrogens is 516 g/mol. The Kier molecular flexibility index (Phi) is 10.9. The van der Waals surface area contributed by atoms with Gasteiger partial charge in [-0.1, -0.05) is 6.58 Å². The molecule has 2 rings (SSSR count). The molecule has 1 unspecified atom stereocenters. The second-order valence-corrected chi connectivity index (χ2v) is 10.2. The van der Waals surface area contributed by atoms with Gasteiger partial charge in [0.25, 0.3) is 11.4 Å². The van der Waals surface area contributed by atoms with Crippen LogP contribution in [0.25, 0.3) is 0 Å². The molecule has 0 bridgehead atoms. The van der Waals surface area contributed by atoms with Gasteiger partial charge in [-0.3, -0.25) is 25.0 Å². The Morgan fingerprint density at radius 2 is 1.67 bits per heavy atom. The molecule has 214 valence electrons. The van der Waals surface area contributed by atoms with Crippen LogP contribution >= 0.6 is 0 Å². The van der Waals surface area contributed by atoms with Crippen LogP contribution in [0.3, 0.4) is 0 Å². The number of hydrogen-bond donors (Lipinski definition) is 1. The van der Waals surface area contributed by atoms with Gasteiger partial charge >= 0.3 is 18.0 Å². The molecule has 0 aliphatic carbocycles. The normalized spacial score (nSPS) is 14.7. The summed E-state index contributed by atoms with van der Waals surface area (Å²) in [6.07, 6.45) is -1.01. The minimum Gasteiger partial charge on any atom is -0.458 e. The Hall–Kier alpha value is -4.07. The number of likely N-dealkylation sites (tertiary alicyclic amines) is 1. The fraction of sp³-hybridized carbons (Fsp3) is 0.560. The number of carbonyl (C=O) groups is 3. The Balaban J connectivity index is 1.94. The van der Waals surface area contributed by atoms with Gasteiger partial charge in [0.15, 0.2) is 0 Å². The lowest BCUT2D eigenvalue weighted by atomic mass is 9.97. The van der Waals surface area contributed by atoms with Crippen LogP contribution in [0.1, 0.15) is 46.1 Å². The molecule has 1 aliphatic heterocycles. The van der Waals surface area contributed by atoms with Gasteiger partial charge in [-0.05, 0) is 46.6 Å². The number of nitro groups is 2. The molecule has 14 nitrogen and oxygen atoms in total.